The molecule has 0 radical (unpaired) electrons. The van der Waals surface area contributed by atoms with Crippen LogP contribution in [-0.2, 0) is 0 Å². The first-order valence-electron chi connectivity index (χ1n) is 8.31. The Balaban J connectivity index is 1.91. The topological polar surface area (TPSA) is 15.3 Å². The second-order valence-corrected chi connectivity index (χ2v) is 7.41. The minimum Gasteiger partial charge on any atom is -0.310 e. The maximum absolute atomic E-state index is 3.64. The molecule has 21 heavy (non-hydrogen) atoms. The molecule has 3 atom stereocenters. The fourth-order valence-electron chi connectivity index (χ4n) is 3.22. The molecule has 2 nitrogen and oxygen atoms in total. The van der Waals surface area contributed by atoms with Crippen molar-refractivity contribution in [3.63, 3.8) is 0 Å². The number of hydrogen-bond acceptors (Lipinski definition) is 2. The molecule has 0 spiro atoms. The highest BCUT2D eigenvalue weighted by molar-refractivity contribution is 9.10. The molecule has 1 N–H and O–H groups in total. The molecule has 1 saturated heterocycles. The van der Waals surface area contributed by atoms with Crippen LogP contribution in [0, 0.1) is 11.8 Å². The molecule has 1 aromatic carbocycles. The molecule has 0 amide bonds. The predicted molar refractivity (Wildman–Crippen MR) is 94.6 cm³/mol. The highest BCUT2D eigenvalue weighted by atomic mass is 79.9. The monoisotopic (exact) mass is 352 g/mol. The largest absolute Gasteiger partial charge is 0.310 e. The number of nitrogens with one attached hydrogen (secondary N) is 1. The summed E-state index contributed by atoms with van der Waals surface area (Å²) in [7, 11) is 0. The molecule has 1 aliphatic heterocycles. The molecule has 2 rings (SSSR count). The molecule has 118 valence electrons. The summed E-state index contributed by atoms with van der Waals surface area (Å²) >= 11 is 3.59. The predicted octanol–water partition coefficient (Wildman–Crippen LogP) is 4.47. The van der Waals surface area contributed by atoms with Gasteiger partial charge in [0.2, 0.25) is 0 Å². The van der Waals surface area contributed by atoms with Crippen LogP contribution in [-0.4, -0.2) is 31.1 Å². The summed E-state index contributed by atoms with van der Waals surface area (Å²) in [4.78, 5) is 2.65. The first kappa shape index (κ1) is 17.0. The number of likely N-dealkylation sites (tertiary alicyclic amines) is 1. The average Bonchev–Trinajstić information content (AvgIpc) is 2.47. The van der Waals surface area contributed by atoms with Crippen molar-refractivity contribution < 1.29 is 0 Å². The van der Waals surface area contributed by atoms with E-state index in [-0.39, 0.29) is 0 Å². The van der Waals surface area contributed by atoms with E-state index in [1.165, 1.54) is 42.5 Å². The quantitative estimate of drug-likeness (QED) is 0.812. The van der Waals surface area contributed by atoms with Gasteiger partial charge in [-0.25, -0.2) is 0 Å². The molecule has 0 aliphatic carbocycles. The zero-order valence-corrected chi connectivity index (χ0v) is 15.2. The fourth-order valence-corrected chi connectivity index (χ4v) is 3.64. The highest BCUT2D eigenvalue weighted by Crippen LogP contribution is 2.25. The van der Waals surface area contributed by atoms with Crippen molar-refractivity contribution in [3.05, 3.63) is 34.3 Å². The molecule has 3 heteroatoms. The fraction of sp³-hybridized carbons (Fsp3) is 0.667. The van der Waals surface area contributed by atoms with Gasteiger partial charge in [0.25, 0.3) is 0 Å². The highest BCUT2D eigenvalue weighted by Gasteiger charge is 2.23. The maximum atomic E-state index is 3.64. The Morgan fingerprint density at radius 2 is 2.14 bits per heavy atom. The van der Waals surface area contributed by atoms with Gasteiger partial charge in [-0.1, -0.05) is 48.8 Å². The molecule has 0 bridgehead atoms. The smallest absolute Gasteiger partial charge is 0.0332 e. The van der Waals surface area contributed by atoms with Crippen molar-refractivity contribution in [2.75, 3.05) is 26.2 Å². The van der Waals surface area contributed by atoms with Crippen LogP contribution in [0.2, 0.25) is 0 Å². The van der Waals surface area contributed by atoms with Crippen LogP contribution >= 0.6 is 15.9 Å². The third-order valence-electron chi connectivity index (χ3n) is 4.85. The van der Waals surface area contributed by atoms with E-state index in [0.717, 1.165) is 18.4 Å². The molecule has 1 aromatic rings. The van der Waals surface area contributed by atoms with E-state index in [1.54, 1.807) is 0 Å². The van der Waals surface area contributed by atoms with E-state index in [0.29, 0.717) is 6.04 Å². The van der Waals surface area contributed by atoms with Gasteiger partial charge in [-0.15, -0.1) is 0 Å². The lowest BCUT2D eigenvalue weighted by atomic mass is 9.88. The van der Waals surface area contributed by atoms with E-state index in [9.17, 15) is 0 Å². The van der Waals surface area contributed by atoms with Crippen molar-refractivity contribution >= 4 is 15.9 Å². The first-order valence-corrected chi connectivity index (χ1v) is 9.10. The van der Waals surface area contributed by atoms with Crippen LogP contribution in [0.4, 0.5) is 0 Å². The van der Waals surface area contributed by atoms with Gasteiger partial charge in [-0.05, 0) is 62.0 Å². The molecule has 3 unspecified atom stereocenters. The van der Waals surface area contributed by atoms with Crippen LogP contribution in [0.3, 0.4) is 0 Å². The number of nitrogens with zero attached hydrogens (tertiary/aromatic N) is 1. The van der Waals surface area contributed by atoms with Gasteiger partial charge in [0.15, 0.2) is 0 Å². The Hall–Kier alpha value is -0.380. The summed E-state index contributed by atoms with van der Waals surface area (Å²) in [6.07, 6.45) is 2.54. The molecule has 0 aromatic heterocycles. The van der Waals surface area contributed by atoms with Gasteiger partial charge in [-0.2, -0.15) is 0 Å². The third-order valence-corrected chi connectivity index (χ3v) is 5.35. The molecule has 1 aliphatic rings. The van der Waals surface area contributed by atoms with E-state index >= 15 is 0 Å². The second kappa shape index (κ2) is 8.30. The maximum Gasteiger partial charge on any atom is 0.0332 e. The standard InChI is InChI=1S/C18H29BrN2/c1-4-20-18(16-6-5-7-17(19)12-16)9-11-21-10-8-14(2)15(3)13-21/h5-7,12,14-15,18,20H,4,8-11,13H2,1-3H3. The lowest BCUT2D eigenvalue weighted by Gasteiger charge is -2.36. The summed E-state index contributed by atoms with van der Waals surface area (Å²) in [6.45, 7) is 11.7. The minimum absolute atomic E-state index is 0.460. The Bertz CT molecular complexity index is 435. The Labute approximate surface area is 138 Å². The van der Waals surface area contributed by atoms with Crippen molar-refractivity contribution in [1.29, 1.82) is 0 Å². The van der Waals surface area contributed by atoms with Gasteiger partial charge in [-0.3, -0.25) is 0 Å². The summed E-state index contributed by atoms with van der Waals surface area (Å²) in [5.41, 5.74) is 1.39. The Morgan fingerprint density at radius 1 is 1.33 bits per heavy atom. The molecule has 1 heterocycles. The van der Waals surface area contributed by atoms with Gasteiger partial charge in [0, 0.05) is 17.1 Å². The number of rotatable bonds is 6. The van der Waals surface area contributed by atoms with Gasteiger partial charge >= 0.3 is 0 Å². The lowest BCUT2D eigenvalue weighted by Crippen LogP contribution is -2.40. The number of hydrogen-bond donors (Lipinski definition) is 1. The normalized spacial score (nSPS) is 25.0. The van der Waals surface area contributed by atoms with Crippen LogP contribution in [0.25, 0.3) is 0 Å². The molecule has 1 fully saturated rings. The van der Waals surface area contributed by atoms with Crippen molar-refractivity contribution in [2.24, 2.45) is 11.8 Å². The van der Waals surface area contributed by atoms with Crippen LogP contribution in [0.15, 0.2) is 28.7 Å². The molecular weight excluding hydrogens is 324 g/mol. The molecular formula is C18H29BrN2. The van der Waals surface area contributed by atoms with Gasteiger partial charge in [0.05, 0.1) is 0 Å². The zero-order valence-electron chi connectivity index (χ0n) is 13.6. The van der Waals surface area contributed by atoms with Crippen LogP contribution in [0.1, 0.15) is 45.2 Å². The van der Waals surface area contributed by atoms with Gasteiger partial charge in [0.1, 0.15) is 0 Å². The number of piperidine rings is 1. The van der Waals surface area contributed by atoms with Crippen molar-refractivity contribution in [1.82, 2.24) is 10.2 Å². The van der Waals surface area contributed by atoms with E-state index in [1.807, 2.05) is 0 Å². The summed E-state index contributed by atoms with van der Waals surface area (Å²) in [5, 5.41) is 3.64. The zero-order chi connectivity index (χ0) is 15.2. The summed E-state index contributed by atoms with van der Waals surface area (Å²) in [5.74, 6) is 1.72. The van der Waals surface area contributed by atoms with Crippen LogP contribution in [0.5, 0.6) is 0 Å². The average molecular weight is 353 g/mol. The Kier molecular flexibility index (Phi) is 6.72. The van der Waals surface area contributed by atoms with Crippen molar-refractivity contribution in [3.8, 4) is 0 Å². The second-order valence-electron chi connectivity index (χ2n) is 6.50. The number of benzene rings is 1. The van der Waals surface area contributed by atoms with Gasteiger partial charge < -0.3 is 10.2 Å². The van der Waals surface area contributed by atoms with Crippen LogP contribution < -0.4 is 5.32 Å². The van der Waals surface area contributed by atoms with E-state index in [2.05, 4.69) is 71.2 Å². The Morgan fingerprint density at radius 3 is 2.81 bits per heavy atom. The summed E-state index contributed by atoms with van der Waals surface area (Å²) < 4.78 is 1.17. The molecule has 0 saturated carbocycles. The third kappa shape index (κ3) is 5.08. The van der Waals surface area contributed by atoms with E-state index in [4.69, 9.17) is 0 Å². The first-order chi connectivity index (χ1) is 10.1. The SMILES string of the molecule is CCNC(CCN1CCC(C)C(C)C1)c1cccc(Br)c1. The number of halogens is 1. The lowest BCUT2D eigenvalue weighted by molar-refractivity contribution is 0.133. The van der Waals surface area contributed by atoms with Crippen molar-refractivity contribution in [2.45, 2.75) is 39.7 Å². The summed E-state index contributed by atoms with van der Waals surface area (Å²) in [6, 6.07) is 9.17. The van der Waals surface area contributed by atoms with E-state index < -0.39 is 0 Å². The minimum atomic E-state index is 0.460.